The third-order valence-electron chi connectivity index (χ3n) is 7.19. The first kappa shape index (κ1) is 29.2. The Balaban J connectivity index is 2.03. The van der Waals surface area contributed by atoms with Crippen LogP contribution in [0, 0.1) is 18.8 Å². The fraction of sp³-hybridized carbons (Fsp3) is 0.469. The Morgan fingerprint density at radius 3 is 2.42 bits per heavy atom. The number of hydrogen-bond donors (Lipinski definition) is 2. The van der Waals surface area contributed by atoms with Crippen LogP contribution in [0.5, 0.6) is 0 Å². The van der Waals surface area contributed by atoms with Crippen molar-refractivity contribution in [1.82, 2.24) is 15.5 Å². The van der Waals surface area contributed by atoms with Gasteiger partial charge in [-0.2, -0.15) is 0 Å². The highest BCUT2D eigenvalue weighted by molar-refractivity contribution is 6.10. The minimum absolute atomic E-state index is 0.516. The molecule has 1 atom stereocenters. The summed E-state index contributed by atoms with van der Waals surface area (Å²) in [4.78, 5) is 7.48. The summed E-state index contributed by atoms with van der Waals surface area (Å²) in [6, 6.07) is 8.41. The topological polar surface area (TPSA) is 39.7 Å². The lowest BCUT2D eigenvalue weighted by Gasteiger charge is -2.37. The van der Waals surface area contributed by atoms with E-state index in [4.69, 9.17) is 4.99 Å². The molecular weight excluding hydrogens is 440 g/mol. The second kappa shape index (κ2) is 14.5. The molecule has 2 N–H and O–H groups in total. The van der Waals surface area contributed by atoms with Gasteiger partial charge in [0, 0.05) is 43.6 Å². The molecule has 1 fully saturated rings. The number of likely N-dealkylation sites (tertiary alicyclic amines) is 1. The predicted molar refractivity (Wildman–Crippen MR) is 158 cm³/mol. The lowest BCUT2D eigenvalue weighted by Crippen LogP contribution is -2.37. The Morgan fingerprint density at radius 2 is 1.83 bits per heavy atom. The Bertz CT molecular complexity index is 1000. The number of nitrogens with zero attached hydrogens (tertiary/aromatic N) is 2. The third-order valence-corrected chi connectivity index (χ3v) is 7.19. The Morgan fingerprint density at radius 1 is 1.17 bits per heavy atom. The normalized spacial score (nSPS) is 16.8. The second-order valence-corrected chi connectivity index (χ2v) is 10.3. The van der Waals surface area contributed by atoms with E-state index in [0.717, 1.165) is 60.8 Å². The van der Waals surface area contributed by atoms with Gasteiger partial charge in [0.05, 0.1) is 17.1 Å². The molecular formula is C32H48N4. The molecule has 36 heavy (non-hydrogen) atoms. The Hall–Kier alpha value is -3.01. The van der Waals surface area contributed by atoms with Crippen LogP contribution in [-0.4, -0.2) is 37.3 Å². The molecule has 4 nitrogen and oxygen atoms in total. The summed E-state index contributed by atoms with van der Waals surface area (Å²) in [5.74, 6) is 1.18. The van der Waals surface area contributed by atoms with E-state index in [2.05, 4.69) is 93.3 Å². The van der Waals surface area contributed by atoms with Crippen LogP contribution in [0.4, 0.5) is 0 Å². The van der Waals surface area contributed by atoms with Crippen LogP contribution >= 0.6 is 0 Å². The summed E-state index contributed by atoms with van der Waals surface area (Å²) >= 11 is 0. The van der Waals surface area contributed by atoms with Crippen LogP contribution in [0.25, 0.3) is 0 Å². The molecule has 1 aromatic rings. The fourth-order valence-corrected chi connectivity index (χ4v) is 4.63. The van der Waals surface area contributed by atoms with Gasteiger partial charge >= 0.3 is 0 Å². The highest BCUT2D eigenvalue weighted by atomic mass is 15.1. The highest BCUT2D eigenvalue weighted by Gasteiger charge is 2.22. The lowest BCUT2D eigenvalue weighted by molar-refractivity contribution is 0.207. The molecule has 0 bridgehead atoms. The summed E-state index contributed by atoms with van der Waals surface area (Å²) < 4.78 is 0. The minimum Gasteiger partial charge on any atom is -0.388 e. The molecule has 4 heteroatoms. The van der Waals surface area contributed by atoms with Gasteiger partial charge in [-0.1, -0.05) is 49.9 Å². The number of hydrogen-bond acceptors (Lipinski definition) is 4. The van der Waals surface area contributed by atoms with E-state index >= 15 is 0 Å². The molecule has 1 aliphatic heterocycles. The first-order chi connectivity index (χ1) is 17.2. The third kappa shape index (κ3) is 8.89. The van der Waals surface area contributed by atoms with Gasteiger partial charge in [-0.15, -0.1) is 6.58 Å². The van der Waals surface area contributed by atoms with Crippen molar-refractivity contribution in [2.75, 3.05) is 26.7 Å². The monoisotopic (exact) mass is 488 g/mol. The van der Waals surface area contributed by atoms with Gasteiger partial charge in [0.25, 0.3) is 0 Å². The van der Waals surface area contributed by atoms with Crippen molar-refractivity contribution >= 4 is 5.71 Å². The first-order valence-electron chi connectivity index (χ1n) is 13.3. The maximum absolute atomic E-state index is 4.98. The predicted octanol–water partition coefficient (Wildman–Crippen LogP) is 7.13. The van der Waals surface area contributed by atoms with Crippen molar-refractivity contribution < 1.29 is 0 Å². The van der Waals surface area contributed by atoms with Crippen molar-refractivity contribution in [3.63, 3.8) is 0 Å². The molecule has 0 spiro atoms. The number of rotatable bonds is 13. The summed E-state index contributed by atoms with van der Waals surface area (Å²) in [5.41, 5.74) is 8.85. The van der Waals surface area contributed by atoms with Crippen molar-refractivity contribution in [3.8, 4) is 0 Å². The largest absolute Gasteiger partial charge is 0.388 e. The second-order valence-electron chi connectivity index (χ2n) is 10.3. The molecule has 0 saturated carbocycles. The first-order valence-corrected chi connectivity index (χ1v) is 13.3. The number of aliphatic imine (C=N–C) groups is 1. The average Bonchev–Trinajstić information content (AvgIpc) is 2.86. The average molecular weight is 489 g/mol. The number of nitrogens with one attached hydrogen (secondary N) is 2. The fourth-order valence-electron chi connectivity index (χ4n) is 4.63. The molecule has 196 valence electrons. The zero-order valence-corrected chi connectivity index (χ0v) is 23.6. The van der Waals surface area contributed by atoms with E-state index in [1.807, 2.05) is 20.0 Å². The number of piperidine rings is 1. The molecule has 0 aliphatic carbocycles. The van der Waals surface area contributed by atoms with E-state index in [1.54, 1.807) is 0 Å². The number of likely N-dealkylation sites (N-methyl/N-ethyl adjacent to an activating group) is 1. The molecule has 1 heterocycles. The van der Waals surface area contributed by atoms with Crippen molar-refractivity contribution in [3.05, 3.63) is 95.6 Å². The lowest BCUT2D eigenvalue weighted by atomic mass is 9.93. The maximum Gasteiger partial charge on any atom is 0.0725 e. The summed E-state index contributed by atoms with van der Waals surface area (Å²) in [6.45, 7) is 26.2. The van der Waals surface area contributed by atoms with Crippen molar-refractivity contribution in [1.29, 1.82) is 0 Å². The van der Waals surface area contributed by atoms with Gasteiger partial charge in [0.15, 0.2) is 0 Å². The van der Waals surface area contributed by atoms with E-state index < -0.39 is 0 Å². The molecule has 1 aliphatic rings. The summed E-state index contributed by atoms with van der Waals surface area (Å²) in [6.07, 6.45) is 8.59. The number of benzene rings is 1. The van der Waals surface area contributed by atoms with Crippen LogP contribution in [0.1, 0.15) is 64.5 Å². The molecule has 1 saturated heterocycles. The van der Waals surface area contributed by atoms with E-state index in [1.165, 1.54) is 29.7 Å². The van der Waals surface area contributed by atoms with Crippen LogP contribution < -0.4 is 10.6 Å². The minimum atomic E-state index is 0.516. The van der Waals surface area contributed by atoms with E-state index in [0.29, 0.717) is 11.8 Å². The Labute approximate surface area is 220 Å². The van der Waals surface area contributed by atoms with Crippen LogP contribution in [0.3, 0.4) is 0 Å². The highest BCUT2D eigenvalue weighted by Crippen LogP contribution is 2.26. The van der Waals surface area contributed by atoms with Gasteiger partial charge < -0.3 is 15.5 Å². The number of allylic oxidation sites excluding steroid dienone is 6. The molecule has 0 aromatic heterocycles. The molecule has 1 unspecified atom stereocenters. The van der Waals surface area contributed by atoms with Gasteiger partial charge in [-0.25, -0.2) is 0 Å². The van der Waals surface area contributed by atoms with E-state index in [-0.39, 0.29) is 0 Å². The molecule has 1 aromatic carbocycles. The quantitative estimate of drug-likeness (QED) is 0.176. The SMILES string of the molecule is C=C/C(NC)=C(C)/N=C(\C=C(/C)NCC1CCN(C(=C)C(C)CCC(=C)C)CC1)c1ccccc1C. The van der Waals surface area contributed by atoms with Crippen molar-refractivity contribution in [2.24, 2.45) is 16.8 Å². The zero-order chi connectivity index (χ0) is 26.7. The molecule has 0 amide bonds. The zero-order valence-electron chi connectivity index (χ0n) is 23.6. The number of aryl methyl sites for hydroxylation is 1. The van der Waals surface area contributed by atoms with Gasteiger partial charge in [0.1, 0.15) is 0 Å². The van der Waals surface area contributed by atoms with Gasteiger partial charge in [-0.05, 0) is 82.9 Å². The van der Waals surface area contributed by atoms with Gasteiger partial charge in [0.2, 0.25) is 0 Å². The van der Waals surface area contributed by atoms with Crippen LogP contribution in [0.15, 0.2) is 89.5 Å². The summed E-state index contributed by atoms with van der Waals surface area (Å²) in [7, 11) is 1.90. The van der Waals surface area contributed by atoms with Crippen molar-refractivity contribution in [2.45, 2.75) is 60.3 Å². The Kier molecular flexibility index (Phi) is 11.8. The summed E-state index contributed by atoms with van der Waals surface area (Å²) in [5, 5.41) is 6.86. The van der Waals surface area contributed by atoms with Gasteiger partial charge in [-0.3, -0.25) is 4.99 Å². The molecule has 0 radical (unpaired) electrons. The van der Waals surface area contributed by atoms with Crippen LogP contribution in [0.2, 0.25) is 0 Å². The smallest absolute Gasteiger partial charge is 0.0725 e. The van der Waals surface area contributed by atoms with Crippen LogP contribution in [-0.2, 0) is 0 Å². The van der Waals surface area contributed by atoms with E-state index in [9.17, 15) is 0 Å². The molecule has 2 rings (SSSR count). The standard InChI is InChI=1S/C32H48N4/c1-10-31(33-9)27(7)35-32(30-14-12-11-13-25(30)5)21-26(6)34-22-29-17-19-36(20-18-29)28(8)24(4)16-15-23(2)3/h10-14,21,24,29,33-34H,1-2,8,15-20,22H2,3-7,9H3/b26-21+,31-27-,35-32+. The maximum atomic E-state index is 4.98.